The van der Waals surface area contributed by atoms with Gasteiger partial charge in [0.05, 0.1) is 0 Å². The van der Waals surface area contributed by atoms with Crippen molar-refractivity contribution in [1.29, 1.82) is 0 Å². The van der Waals surface area contributed by atoms with Crippen molar-refractivity contribution in [2.75, 3.05) is 6.61 Å². The van der Waals surface area contributed by atoms with Crippen molar-refractivity contribution in [1.82, 2.24) is 0 Å². The number of hydrogen-bond acceptors (Lipinski definition) is 5. The molecule has 28 heavy (non-hydrogen) atoms. The zero-order valence-electron chi connectivity index (χ0n) is 17.6. The molecule has 0 amide bonds. The van der Waals surface area contributed by atoms with E-state index in [-0.39, 0.29) is 23.7 Å². The van der Waals surface area contributed by atoms with Crippen molar-refractivity contribution in [2.24, 2.45) is 0 Å². The van der Waals surface area contributed by atoms with Crippen LogP contribution >= 0.6 is 0 Å². The fourth-order valence-electron chi connectivity index (χ4n) is 2.69. The highest BCUT2D eigenvalue weighted by Gasteiger charge is 2.21. The lowest BCUT2D eigenvalue weighted by Crippen LogP contribution is -2.23. The minimum Gasteiger partial charge on any atom is -0.503 e. The minimum absolute atomic E-state index is 0.173. The van der Waals surface area contributed by atoms with Crippen LogP contribution in [-0.4, -0.2) is 17.3 Å². The van der Waals surface area contributed by atoms with E-state index < -0.39 is 11.2 Å². The highest BCUT2D eigenvalue weighted by atomic mass is 16.5. The number of benzene rings is 1. The molecule has 1 heterocycles. The molecule has 0 saturated carbocycles. The largest absolute Gasteiger partial charge is 0.503 e. The highest BCUT2D eigenvalue weighted by Crippen LogP contribution is 2.38. The van der Waals surface area contributed by atoms with Crippen molar-refractivity contribution in [3.63, 3.8) is 0 Å². The molecule has 0 aliphatic rings. The quantitative estimate of drug-likeness (QED) is 0.485. The van der Waals surface area contributed by atoms with Crippen LogP contribution in [0.3, 0.4) is 0 Å². The topological polar surface area (TPSA) is 68.9 Å². The molecule has 1 aromatic heterocycles. The Kier molecular flexibility index (Phi) is 6.95. The first-order valence-electron chi connectivity index (χ1n) is 9.48. The van der Waals surface area contributed by atoms with Crippen LogP contribution in [0, 0.1) is 0 Å². The molecule has 0 aliphatic carbocycles. The Hall–Kier alpha value is -2.69. The van der Waals surface area contributed by atoms with Gasteiger partial charge in [-0.05, 0) is 72.6 Å². The van der Waals surface area contributed by atoms with Gasteiger partial charge in [-0.1, -0.05) is 23.3 Å². The molecule has 0 aliphatic heterocycles. The summed E-state index contributed by atoms with van der Waals surface area (Å²) in [6.45, 7) is 12.0. The van der Waals surface area contributed by atoms with Gasteiger partial charge >= 0.3 is 5.63 Å². The average Bonchev–Trinajstić information content (AvgIpc) is 2.55. The molecule has 2 rings (SSSR count). The lowest BCUT2D eigenvalue weighted by Gasteiger charge is -2.22. The molecule has 5 nitrogen and oxygen atoms in total. The van der Waals surface area contributed by atoms with Crippen LogP contribution in [0.2, 0.25) is 0 Å². The third-order valence-electron chi connectivity index (χ3n) is 3.99. The number of hydrogen-bond donors (Lipinski definition) is 1. The molecule has 0 fully saturated rings. The molecule has 1 N–H and O–H groups in total. The van der Waals surface area contributed by atoms with Gasteiger partial charge in [0.2, 0.25) is 5.75 Å². The predicted octanol–water partition coefficient (Wildman–Crippen LogP) is 5.75. The van der Waals surface area contributed by atoms with Crippen molar-refractivity contribution in [3.05, 3.63) is 51.9 Å². The van der Waals surface area contributed by atoms with Crippen LogP contribution < -0.4 is 15.1 Å². The van der Waals surface area contributed by atoms with Gasteiger partial charge in [0.15, 0.2) is 5.75 Å². The zero-order valence-corrected chi connectivity index (χ0v) is 17.6. The summed E-state index contributed by atoms with van der Waals surface area (Å²) in [6, 6.07) is 5.05. The summed E-state index contributed by atoms with van der Waals surface area (Å²) in [7, 11) is 0. The van der Waals surface area contributed by atoms with E-state index in [0.717, 1.165) is 18.4 Å². The Morgan fingerprint density at radius 2 is 1.89 bits per heavy atom. The summed E-state index contributed by atoms with van der Waals surface area (Å²) in [5.74, 6) is -0.0305. The van der Waals surface area contributed by atoms with Gasteiger partial charge in [0.25, 0.3) is 0 Å². The molecular formula is C23H30O5. The first-order valence-corrected chi connectivity index (χ1v) is 9.48. The lowest BCUT2D eigenvalue weighted by molar-refractivity contribution is 0.133. The zero-order chi connectivity index (χ0) is 20.9. The van der Waals surface area contributed by atoms with E-state index in [0.29, 0.717) is 11.1 Å². The Labute approximate surface area is 166 Å². The monoisotopic (exact) mass is 386 g/mol. The number of rotatable bonds is 7. The molecule has 0 saturated heterocycles. The van der Waals surface area contributed by atoms with E-state index in [1.54, 1.807) is 18.2 Å². The Bertz CT molecular complexity index is 938. The number of ether oxygens (including phenoxy) is 2. The number of allylic oxidation sites excluding steroid dienone is 3. The second-order valence-electron chi connectivity index (χ2n) is 8.09. The smallest absolute Gasteiger partial charge is 0.383 e. The fourth-order valence-corrected chi connectivity index (χ4v) is 2.69. The summed E-state index contributed by atoms with van der Waals surface area (Å²) in [5, 5.41) is 11.0. The molecule has 152 valence electrons. The highest BCUT2D eigenvalue weighted by molar-refractivity contribution is 5.91. The van der Waals surface area contributed by atoms with Gasteiger partial charge < -0.3 is 19.0 Å². The van der Waals surface area contributed by atoms with Gasteiger partial charge in [0.1, 0.15) is 28.9 Å². The summed E-state index contributed by atoms with van der Waals surface area (Å²) in [5.41, 5.74) is 1.51. The number of aromatic hydroxyl groups is 1. The molecule has 0 atom stereocenters. The normalized spacial score (nSPS) is 12.1. The number of fused-ring (bicyclic) bond motifs is 1. The maximum absolute atomic E-state index is 12.3. The van der Waals surface area contributed by atoms with Crippen LogP contribution in [0.4, 0.5) is 0 Å². The summed E-state index contributed by atoms with van der Waals surface area (Å²) in [4.78, 5) is 12.3. The maximum atomic E-state index is 12.3. The molecule has 0 spiro atoms. The van der Waals surface area contributed by atoms with Crippen LogP contribution in [0.5, 0.6) is 17.2 Å². The Morgan fingerprint density at radius 1 is 1.18 bits per heavy atom. The van der Waals surface area contributed by atoms with Crippen LogP contribution in [-0.2, 0) is 0 Å². The minimum atomic E-state index is -0.714. The fraction of sp³-hybridized carbons (Fsp3) is 0.435. The third-order valence-corrected chi connectivity index (χ3v) is 3.99. The van der Waals surface area contributed by atoms with E-state index in [1.807, 2.05) is 33.8 Å². The molecule has 1 aromatic carbocycles. The predicted molar refractivity (Wildman–Crippen MR) is 112 cm³/mol. The second-order valence-corrected chi connectivity index (χ2v) is 8.09. The Morgan fingerprint density at radius 3 is 2.54 bits per heavy atom. The summed E-state index contributed by atoms with van der Waals surface area (Å²) >= 11 is 0. The maximum Gasteiger partial charge on any atom is 0.383 e. The van der Waals surface area contributed by atoms with E-state index in [2.05, 4.69) is 19.9 Å². The molecule has 2 aromatic rings. The van der Waals surface area contributed by atoms with Crippen LogP contribution in [0.15, 0.2) is 50.7 Å². The van der Waals surface area contributed by atoms with E-state index in [1.165, 1.54) is 5.57 Å². The third kappa shape index (κ3) is 5.91. The van der Waals surface area contributed by atoms with Gasteiger partial charge in [-0.2, -0.15) is 0 Å². The van der Waals surface area contributed by atoms with Gasteiger partial charge in [-0.15, -0.1) is 0 Å². The second kappa shape index (κ2) is 9.00. The molecule has 0 unspecified atom stereocenters. The van der Waals surface area contributed by atoms with Crippen molar-refractivity contribution < 1.29 is 19.0 Å². The molecule has 0 bridgehead atoms. The lowest BCUT2D eigenvalue weighted by atomic mass is 10.1. The van der Waals surface area contributed by atoms with Gasteiger partial charge in [-0.3, -0.25) is 0 Å². The average molecular weight is 386 g/mol. The van der Waals surface area contributed by atoms with Crippen molar-refractivity contribution >= 4 is 11.0 Å². The first-order chi connectivity index (χ1) is 13.1. The molecule has 5 heteroatoms. The van der Waals surface area contributed by atoms with Crippen LogP contribution in [0.1, 0.15) is 54.4 Å². The van der Waals surface area contributed by atoms with E-state index >= 15 is 0 Å². The van der Waals surface area contributed by atoms with E-state index in [9.17, 15) is 9.90 Å². The molecule has 0 radical (unpaired) electrons. The standard InChI is InChI=1S/C23H30O5/c1-15(2)9-7-10-16(3)13-14-26-21-20(24)19-17(27-22(21)25)11-8-12-18(19)28-23(4,5)6/h8-9,11-13,24H,7,10,14H2,1-6H3/b16-13+. The Balaban J connectivity index is 2.26. The summed E-state index contributed by atoms with van der Waals surface area (Å²) < 4.78 is 16.8. The summed E-state index contributed by atoms with van der Waals surface area (Å²) in [6.07, 6.45) is 5.95. The van der Waals surface area contributed by atoms with Gasteiger partial charge in [0, 0.05) is 0 Å². The van der Waals surface area contributed by atoms with Crippen LogP contribution in [0.25, 0.3) is 11.0 Å². The SMILES string of the molecule is CC(C)=CCC/C(C)=C/COc1c(O)c2c(OC(C)(C)C)cccc2oc1=O. The van der Waals surface area contributed by atoms with E-state index in [4.69, 9.17) is 13.9 Å². The van der Waals surface area contributed by atoms with Crippen molar-refractivity contribution in [2.45, 2.75) is 60.0 Å². The first kappa shape index (κ1) is 21.6. The van der Waals surface area contributed by atoms with Crippen molar-refractivity contribution in [3.8, 4) is 17.2 Å². The van der Waals surface area contributed by atoms with Gasteiger partial charge in [-0.25, -0.2) is 4.79 Å². The molecular weight excluding hydrogens is 356 g/mol.